The van der Waals surface area contributed by atoms with Gasteiger partial charge in [-0.25, -0.2) is 8.42 Å². The molecule has 7 nitrogen and oxygen atoms in total. The molecule has 1 heterocycles. The quantitative estimate of drug-likeness (QED) is 0.633. The molecule has 1 atom stereocenters. The summed E-state index contributed by atoms with van der Waals surface area (Å²) in [6.45, 7) is 0.268. The number of halogens is 1. The molecule has 1 aliphatic heterocycles. The van der Waals surface area contributed by atoms with Crippen LogP contribution >= 0.6 is 11.6 Å². The lowest BCUT2D eigenvalue weighted by Crippen LogP contribution is -2.53. The summed E-state index contributed by atoms with van der Waals surface area (Å²) in [6.07, 6.45) is 8.76. The number of nitrogens with zero attached hydrogens (tertiary/aromatic N) is 1. The molecule has 2 amide bonds. The number of carbonyl (C=O) groups excluding carboxylic acids is 2. The zero-order chi connectivity index (χ0) is 22.5. The number of benzene rings is 1. The molecule has 5 aliphatic rings. The average Bonchev–Trinajstić information content (AvgIpc) is 3.22. The van der Waals surface area contributed by atoms with E-state index >= 15 is 0 Å². The normalized spacial score (nSPS) is 33.9. The van der Waals surface area contributed by atoms with Gasteiger partial charge in [-0.15, -0.1) is 0 Å². The smallest absolute Gasteiger partial charge is 0.256 e. The van der Waals surface area contributed by atoms with Gasteiger partial charge >= 0.3 is 0 Å². The third kappa shape index (κ3) is 4.17. The van der Waals surface area contributed by atoms with Gasteiger partial charge < -0.3 is 0 Å². The van der Waals surface area contributed by atoms with Gasteiger partial charge in [0.15, 0.2) is 0 Å². The Morgan fingerprint density at radius 2 is 1.59 bits per heavy atom. The van der Waals surface area contributed by atoms with E-state index < -0.39 is 22.0 Å². The maximum atomic E-state index is 13.0. The molecule has 4 aliphatic carbocycles. The Balaban J connectivity index is 1.19. The summed E-state index contributed by atoms with van der Waals surface area (Å²) in [5, 5.41) is 0.446. The summed E-state index contributed by atoms with van der Waals surface area (Å²) in [6, 6.07) is 5.08. The summed E-state index contributed by atoms with van der Waals surface area (Å²) in [4.78, 5) is 25.6. The molecule has 1 aromatic rings. The largest absolute Gasteiger partial charge is 0.273 e. The van der Waals surface area contributed by atoms with Crippen molar-refractivity contribution in [3.63, 3.8) is 0 Å². The SMILES string of the molecule is O=C(CC12CC3CC(CC(C3)C1)C2)NNC(=O)C1CCCN1S(=O)(=O)c1ccc(Cl)cc1. The van der Waals surface area contributed by atoms with Crippen molar-refractivity contribution >= 4 is 33.4 Å². The number of carbonyl (C=O) groups is 2. The van der Waals surface area contributed by atoms with Gasteiger partial charge in [-0.3, -0.25) is 20.4 Å². The van der Waals surface area contributed by atoms with Crippen molar-refractivity contribution < 1.29 is 18.0 Å². The van der Waals surface area contributed by atoms with Gasteiger partial charge in [0.2, 0.25) is 15.9 Å². The highest BCUT2D eigenvalue weighted by Crippen LogP contribution is 2.61. The van der Waals surface area contributed by atoms with Crippen LogP contribution in [-0.4, -0.2) is 37.1 Å². The maximum Gasteiger partial charge on any atom is 0.256 e. The Bertz CT molecular complexity index is 975. The van der Waals surface area contributed by atoms with Gasteiger partial charge in [0.1, 0.15) is 6.04 Å². The molecule has 1 aromatic carbocycles. The molecule has 1 saturated heterocycles. The molecule has 174 valence electrons. The molecule has 0 aromatic heterocycles. The lowest BCUT2D eigenvalue weighted by molar-refractivity contribution is -0.135. The minimum atomic E-state index is -3.82. The van der Waals surface area contributed by atoms with Crippen molar-refractivity contribution in [1.29, 1.82) is 0 Å². The fourth-order valence-electron chi connectivity index (χ4n) is 7.14. The van der Waals surface area contributed by atoms with E-state index in [-0.39, 0.29) is 22.8 Å². The monoisotopic (exact) mass is 479 g/mol. The highest BCUT2D eigenvalue weighted by atomic mass is 35.5. The molecular formula is C23H30ClN3O4S. The molecule has 5 fully saturated rings. The molecule has 6 rings (SSSR count). The first kappa shape index (κ1) is 22.2. The van der Waals surface area contributed by atoms with E-state index in [4.69, 9.17) is 11.6 Å². The average molecular weight is 480 g/mol. The van der Waals surface area contributed by atoms with Crippen LogP contribution in [0.15, 0.2) is 29.2 Å². The van der Waals surface area contributed by atoms with Gasteiger partial charge in [-0.05, 0) is 98.8 Å². The number of rotatable bonds is 5. The van der Waals surface area contributed by atoms with E-state index in [2.05, 4.69) is 10.9 Å². The van der Waals surface area contributed by atoms with E-state index in [1.165, 1.54) is 47.8 Å². The highest BCUT2D eigenvalue weighted by Gasteiger charge is 2.51. The second-order valence-corrected chi connectivity index (χ2v) is 12.7. The number of amides is 2. The van der Waals surface area contributed by atoms with Crippen LogP contribution in [0.1, 0.15) is 57.8 Å². The predicted molar refractivity (Wildman–Crippen MR) is 120 cm³/mol. The molecule has 9 heteroatoms. The van der Waals surface area contributed by atoms with Crippen molar-refractivity contribution in [2.24, 2.45) is 23.2 Å². The molecule has 0 spiro atoms. The first-order valence-electron chi connectivity index (χ1n) is 11.6. The van der Waals surface area contributed by atoms with E-state index in [1.807, 2.05) is 0 Å². The van der Waals surface area contributed by atoms with Crippen LogP contribution in [0.2, 0.25) is 5.02 Å². The first-order chi connectivity index (χ1) is 15.2. The molecular weight excluding hydrogens is 450 g/mol. The van der Waals surface area contributed by atoms with Gasteiger partial charge in [-0.1, -0.05) is 11.6 Å². The Labute approximate surface area is 194 Å². The van der Waals surface area contributed by atoms with Crippen LogP contribution in [0.25, 0.3) is 0 Å². The molecule has 4 bridgehead atoms. The number of hydrazine groups is 1. The fraction of sp³-hybridized carbons (Fsp3) is 0.652. The minimum absolute atomic E-state index is 0.0842. The molecule has 2 N–H and O–H groups in total. The van der Waals surface area contributed by atoms with Gasteiger partial charge in [0, 0.05) is 18.0 Å². The second kappa shape index (κ2) is 8.29. The van der Waals surface area contributed by atoms with E-state index in [1.54, 1.807) is 0 Å². The third-order valence-electron chi connectivity index (χ3n) is 7.95. The van der Waals surface area contributed by atoms with Crippen molar-refractivity contribution in [2.45, 2.75) is 68.7 Å². The van der Waals surface area contributed by atoms with Crippen LogP contribution in [0.4, 0.5) is 0 Å². The standard InChI is InChI=1S/C23H30ClN3O4S/c24-18-3-5-19(6-4-18)32(30,31)27-7-1-2-20(27)22(29)26-25-21(28)14-23-11-15-8-16(12-23)10-17(9-15)13-23/h3-6,15-17,20H,1-2,7-14H2,(H,25,28)(H,26,29). The fourth-order valence-corrected chi connectivity index (χ4v) is 8.92. The Morgan fingerprint density at radius 1 is 1.00 bits per heavy atom. The van der Waals surface area contributed by atoms with Crippen LogP contribution < -0.4 is 10.9 Å². The second-order valence-electron chi connectivity index (χ2n) is 10.4. The van der Waals surface area contributed by atoms with Crippen LogP contribution in [0, 0.1) is 23.2 Å². The zero-order valence-electron chi connectivity index (χ0n) is 18.1. The summed E-state index contributed by atoms with van der Waals surface area (Å²) in [7, 11) is -3.82. The summed E-state index contributed by atoms with van der Waals surface area (Å²) >= 11 is 5.87. The molecule has 4 saturated carbocycles. The lowest BCUT2D eigenvalue weighted by atomic mass is 9.49. The van der Waals surface area contributed by atoms with E-state index in [0.717, 1.165) is 37.0 Å². The summed E-state index contributed by atoms with van der Waals surface area (Å²) < 4.78 is 27.3. The maximum absolute atomic E-state index is 13.0. The first-order valence-corrected chi connectivity index (χ1v) is 13.4. The number of nitrogens with one attached hydrogen (secondary N) is 2. The van der Waals surface area contributed by atoms with E-state index in [0.29, 0.717) is 24.3 Å². The summed E-state index contributed by atoms with van der Waals surface area (Å²) in [5.74, 6) is 1.61. The minimum Gasteiger partial charge on any atom is -0.273 e. The van der Waals surface area contributed by atoms with Gasteiger partial charge in [0.05, 0.1) is 4.90 Å². The van der Waals surface area contributed by atoms with Crippen molar-refractivity contribution in [3.05, 3.63) is 29.3 Å². The predicted octanol–water partition coefficient (Wildman–Crippen LogP) is 3.25. The van der Waals surface area contributed by atoms with E-state index in [9.17, 15) is 18.0 Å². The lowest BCUT2D eigenvalue weighted by Gasteiger charge is -2.56. The van der Waals surface area contributed by atoms with Gasteiger partial charge in [0.25, 0.3) is 5.91 Å². The number of sulfonamides is 1. The Kier molecular flexibility index (Phi) is 5.75. The molecule has 32 heavy (non-hydrogen) atoms. The van der Waals surface area contributed by atoms with Crippen molar-refractivity contribution in [1.82, 2.24) is 15.2 Å². The van der Waals surface area contributed by atoms with Crippen LogP contribution in [-0.2, 0) is 19.6 Å². The van der Waals surface area contributed by atoms with Crippen LogP contribution in [0.3, 0.4) is 0 Å². The Morgan fingerprint density at radius 3 is 2.19 bits per heavy atom. The van der Waals surface area contributed by atoms with Crippen molar-refractivity contribution in [3.8, 4) is 0 Å². The Hall–Kier alpha value is -1.64. The van der Waals surface area contributed by atoms with Crippen molar-refractivity contribution in [2.75, 3.05) is 6.54 Å². The molecule has 1 unspecified atom stereocenters. The molecule has 0 radical (unpaired) electrons. The van der Waals surface area contributed by atoms with Gasteiger partial charge in [-0.2, -0.15) is 4.31 Å². The number of hydrogen-bond donors (Lipinski definition) is 2. The third-order valence-corrected chi connectivity index (χ3v) is 10.1. The highest BCUT2D eigenvalue weighted by molar-refractivity contribution is 7.89. The van der Waals surface area contributed by atoms with Crippen LogP contribution in [0.5, 0.6) is 0 Å². The zero-order valence-corrected chi connectivity index (χ0v) is 19.6. The topological polar surface area (TPSA) is 95.6 Å². The summed E-state index contributed by atoms with van der Waals surface area (Å²) in [5.41, 5.74) is 5.16. The number of hydrogen-bond acceptors (Lipinski definition) is 4.